The van der Waals surface area contributed by atoms with Crippen LogP contribution in [0.5, 0.6) is 11.6 Å². The fraction of sp³-hybridized carbons (Fsp3) is 0.182. The minimum absolute atomic E-state index is 0.353. The van der Waals surface area contributed by atoms with E-state index >= 15 is 0 Å². The van der Waals surface area contributed by atoms with Crippen LogP contribution in [0.1, 0.15) is 16.7 Å². The lowest BCUT2D eigenvalue weighted by Gasteiger charge is -2.14. The highest BCUT2D eigenvalue weighted by atomic mass is 19.1. The van der Waals surface area contributed by atoms with Gasteiger partial charge in [0.05, 0.1) is 0 Å². The minimum atomic E-state index is -0.353. The topological polar surface area (TPSA) is 58.5 Å². The number of hydrogen-bond donors (Lipinski definition) is 2. The van der Waals surface area contributed by atoms with E-state index in [1.165, 1.54) is 23.3 Å². The maximum absolute atomic E-state index is 13.4. The Morgan fingerprint density at radius 1 is 1.00 bits per heavy atom. The van der Waals surface area contributed by atoms with Crippen molar-refractivity contribution in [3.63, 3.8) is 0 Å². The maximum Gasteiger partial charge on any atom is 0.224 e. The van der Waals surface area contributed by atoms with Gasteiger partial charge < -0.3 is 15.4 Å². The Hall–Kier alpha value is -3.41. The molecular formula is C22H23FN4O. The first-order valence-electron chi connectivity index (χ1n) is 9.02. The molecule has 2 N–H and O–H groups in total. The quantitative estimate of drug-likeness (QED) is 0.499. The zero-order chi connectivity index (χ0) is 19.8. The van der Waals surface area contributed by atoms with Gasteiger partial charge in [0.15, 0.2) is 5.96 Å². The average molecular weight is 378 g/mol. The summed E-state index contributed by atoms with van der Waals surface area (Å²) in [6, 6.07) is 17.9. The van der Waals surface area contributed by atoms with E-state index < -0.39 is 0 Å². The van der Waals surface area contributed by atoms with Crippen LogP contribution in [0.4, 0.5) is 4.39 Å². The van der Waals surface area contributed by atoms with Crippen molar-refractivity contribution in [2.45, 2.75) is 20.0 Å². The van der Waals surface area contributed by atoms with E-state index in [9.17, 15) is 4.39 Å². The maximum atomic E-state index is 13.4. The van der Waals surface area contributed by atoms with Gasteiger partial charge in [-0.25, -0.2) is 9.37 Å². The average Bonchev–Trinajstić information content (AvgIpc) is 2.70. The third kappa shape index (κ3) is 5.30. The summed E-state index contributed by atoms with van der Waals surface area (Å²) in [7, 11) is 1.72. The molecule has 0 amide bonds. The third-order valence-electron chi connectivity index (χ3n) is 4.24. The van der Waals surface area contributed by atoms with Gasteiger partial charge in [-0.3, -0.25) is 4.99 Å². The number of nitrogens with one attached hydrogen (secondary N) is 2. The van der Waals surface area contributed by atoms with Crippen molar-refractivity contribution in [1.82, 2.24) is 15.6 Å². The second kappa shape index (κ2) is 9.50. The number of aryl methyl sites for hydroxylation is 1. The lowest BCUT2D eigenvalue weighted by Crippen LogP contribution is -2.36. The van der Waals surface area contributed by atoms with E-state index in [0.717, 1.165) is 5.56 Å². The first-order valence-corrected chi connectivity index (χ1v) is 9.02. The number of nitrogens with zero attached hydrogens (tertiary/aromatic N) is 2. The molecule has 0 bridgehead atoms. The van der Waals surface area contributed by atoms with E-state index in [1.54, 1.807) is 25.4 Å². The summed E-state index contributed by atoms with van der Waals surface area (Å²) in [5, 5.41) is 6.56. The molecular weight excluding hydrogens is 355 g/mol. The summed E-state index contributed by atoms with van der Waals surface area (Å²) in [5.74, 6) is 1.15. The van der Waals surface area contributed by atoms with Crippen LogP contribution in [0, 0.1) is 12.7 Å². The zero-order valence-corrected chi connectivity index (χ0v) is 15.9. The van der Waals surface area contributed by atoms with Crippen molar-refractivity contribution in [3.8, 4) is 11.6 Å². The van der Waals surface area contributed by atoms with Crippen LogP contribution in [0.25, 0.3) is 0 Å². The number of halogens is 1. The first-order chi connectivity index (χ1) is 13.7. The van der Waals surface area contributed by atoms with Gasteiger partial charge in [0.2, 0.25) is 5.88 Å². The monoisotopic (exact) mass is 378 g/mol. The highest BCUT2D eigenvalue weighted by Gasteiger charge is 2.08. The van der Waals surface area contributed by atoms with E-state index in [1.807, 2.05) is 24.3 Å². The molecule has 0 saturated heterocycles. The highest BCUT2D eigenvalue weighted by Crippen LogP contribution is 2.23. The Kier molecular flexibility index (Phi) is 6.57. The standard InChI is InChI=1S/C22H23FN4O/c1-16-7-3-4-8-17(16)14-26-22(24-2)27-15-18-9-6-12-25-21(18)28-20-11-5-10-19(23)13-20/h3-13H,14-15H2,1-2H3,(H2,24,26,27). The smallest absolute Gasteiger partial charge is 0.224 e. The van der Waals surface area contributed by atoms with E-state index in [0.29, 0.717) is 30.7 Å². The molecule has 3 rings (SSSR count). The van der Waals surface area contributed by atoms with Crippen molar-refractivity contribution in [2.24, 2.45) is 4.99 Å². The van der Waals surface area contributed by atoms with Gasteiger partial charge in [0.1, 0.15) is 11.6 Å². The molecule has 1 heterocycles. The van der Waals surface area contributed by atoms with Crippen LogP contribution in [0.2, 0.25) is 0 Å². The summed E-state index contributed by atoms with van der Waals surface area (Å²) in [6.07, 6.45) is 1.64. The molecule has 0 saturated carbocycles. The molecule has 28 heavy (non-hydrogen) atoms. The summed E-state index contributed by atoms with van der Waals surface area (Å²) < 4.78 is 19.1. The molecule has 1 aromatic heterocycles. The van der Waals surface area contributed by atoms with Gasteiger partial charge in [-0.2, -0.15) is 0 Å². The first kappa shape index (κ1) is 19.4. The fourth-order valence-electron chi connectivity index (χ4n) is 2.68. The lowest BCUT2D eigenvalue weighted by atomic mass is 10.1. The molecule has 0 unspecified atom stereocenters. The number of pyridine rings is 1. The molecule has 5 nitrogen and oxygen atoms in total. The van der Waals surface area contributed by atoms with Gasteiger partial charge in [0, 0.05) is 38.0 Å². The Labute approximate surface area is 164 Å². The molecule has 0 aliphatic heterocycles. The predicted octanol–water partition coefficient (Wildman–Crippen LogP) is 4.19. The molecule has 0 fully saturated rings. The SMILES string of the molecule is CN=C(NCc1ccccc1C)NCc1cccnc1Oc1cccc(F)c1. The molecule has 0 aliphatic carbocycles. The van der Waals surface area contributed by atoms with Crippen LogP contribution >= 0.6 is 0 Å². The lowest BCUT2D eigenvalue weighted by molar-refractivity contribution is 0.450. The number of guanidine groups is 1. The van der Waals surface area contributed by atoms with Crippen molar-refractivity contribution in [3.05, 3.63) is 89.4 Å². The van der Waals surface area contributed by atoms with Gasteiger partial charge >= 0.3 is 0 Å². The Bertz CT molecular complexity index is 959. The molecule has 3 aromatic rings. The number of benzene rings is 2. The number of aromatic nitrogens is 1. The normalized spacial score (nSPS) is 11.2. The van der Waals surface area contributed by atoms with Crippen LogP contribution in [0.15, 0.2) is 71.9 Å². The van der Waals surface area contributed by atoms with Crippen molar-refractivity contribution >= 4 is 5.96 Å². The number of aliphatic imine (C=N–C) groups is 1. The van der Waals surface area contributed by atoms with Crippen LogP contribution in [-0.4, -0.2) is 18.0 Å². The molecule has 144 valence electrons. The second-order valence-electron chi connectivity index (χ2n) is 6.23. The summed E-state index contributed by atoms with van der Waals surface area (Å²) in [5.41, 5.74) is 3.27. The van der Waals surface area contributed by atoms with E-state index in [-0.39, 0.29) is 5.82 Å². The van der Waals surface area contributed by atoms with Crippen LogP contribution in [0.3, 0.4) is 0 Å². The van der Waals surface area contributed by atoms with Crippen molar-refractivity contribution < 1.29 is 9.13 Å². The molecule has 0 aliphatic rings. The predicted molar refractivity (Wildman–Crippen MR) is 109 cm³/mol. The Morgan fingerprint density at radius 2 is 1.75 bits per heavy atom. The number of rotatable bonds is 6. The summed E-state index contributed by atoms with van der Waals surface area (Å²) in [6.45, 7) is 3.22. The summed E-state index contributed by atoms with van der Waals surface area (Å²) >= 11 is 0. The summed E-state index contributed by atoms with van der Waals surface area (Å²) in [4.78, 5) is 8.52. The number of hydrogen-bond acceptors (Lipinski definition) is 3. The number of ether oxygens (including phenoxy) is 1. The second-order valence-corrected chi connectivity index (χ2v) is 6.23. The minimum Gasteiger partial charge on any atom is -0.439 e. The highest BCUT2D eigenvalue weighted by molar-refractivity contribution is 5.79. The molecule has 0 spiro atoms. The largest absolute Gasteiger partial charge is 0.439 e. The zero-order valence-electron chi connectivity index (χ0n) is 15.9. The molecule has 2 aromatic carbocycles. The van der Waals surface area contributed by atoms with Gasteiger partial charge in [-0.1, -0.05) is 36.4 Å². The Balaban J connectivity index is 1.62. The molecule has 0 atom stereocenters. The van der Waals surface area contributed by atoms with Crippen LogP contribution in [-0.2, 0) is 13.1 Å². The molecule has 0 radical (unpaired) electrons. The fourth-order valence-corrected chi connectivity index (χ4v) is 2.68. The Morgan fingerprint density at radius 3 is 2.50 bits per heavy atom. The van der Waals surface area contributed by atoms with E-state index in [2.05, 4.69) is 39.7 Å². The van der Waals surface area contributed by atoms with Crippen molar-refractivity contribution in [2.75, 3.05) is 7.05 Å². The van der Waals surface area contributed by atoms with E-state index in [4.69, 9.17) is 4.74 Å². The van der Waals surface area contributed by atoms with Gasteiger partial charge in [0.25, 0.3) is 0 Å². The third-order valence-corrected chi connectivity index (χ3v) is 4.24. The van der Waals surface area contributed by atoms with Crippen LogP contribution < -0.4 is 15.4 Å². The van der Waals surface area contributed by atoms with Gasteiger partial charge in [-0.15, -0.1) is 0 Å². The molecule has 6 heteroatoms. The van der Waals surface area contributed by atoms with Gasteiger partial charge in [-0.05, 0) is 36.2 Å². The van der Waals surface area contributed by atoms with Crippen molar-refractivity contribution in [1.29, 1.82) is 0 Å².